The van der Waals surface area contributed by atoms with E-state index in [-0.39, 0.29) is 5.56 Å². The van der Waals surface area contributed by atoms with Crippen molar-refractivity contribution in [3.8, 4) is 6.07 Å². The van der Waals surface area contributed by atoms with E-state index in [9.17, 15) is 4.39 Å². The zero-order chi connectivity index (χ0) is 12.1. The van der Waals surface area contributed by atoms with Crippen LogP contribution >= 0.6 is 0 Å². The maximum absolute atomic E-state index is 13.3. The first kappa shape index (κ1) is 11.9. The Morgan fingerprint density at radius 3 is 2.82 bits per heavy atom. The van der Waals surface area contributed by atoms with E-state index in [0.717, 1.165) is 38.3 Å². The number of hydrogen-bond donors (Lipinski definition) is 1. The van der Waals surface area contributed by atoms with Crippen LogP contribution in [-0.4, -0.2) is 19.8 Å². The Morgan fingerprint density at radius 2 is 2.18 bits per heavy atom. The van der Waals surface area contributed by atoms with Crippen LogP contribution in [0.1, 0.15) is 18.4 Å². The van der Waals surface area contributed by atoms with Crippen molar-refractivity contribution in [2.75, 3.05) is 25.1 Å². The summed E-state index contributed by atoms with van der Waals surface area (Å²) in [5.74, 6) is 0.118. The Balaban J connectivity index is 1.90. The number of halogens is 1. The highest BCUT2D eigenvalue weighted by atomic mass is 19.1. The van der Waals surface area contributed by atoms with Crippen LogP contribution in [0, 0.1) is 23.1 Å². The number of benzene rings is 1. The molecule has 0 spiro atoms. The number of rotatable bonds is 3. The summed E-state index contributed by atoms with van der Waals surface area (Å²) in [5.41, 5.74) is 0.814. The predicted molar refractivity (Wildman–Crippen MR) is 63.1 cm³/mol. The third kappa shape index (κ3) is 3.18. The van der Waals surface area contributed by atoms with Crippen molar-refractivity contribution in [3.63, 3.8) is 0 Å². The number of nitriles is 1. The average molecular weight is 234 g/mol. The molecule has 0 unspecified atom stereocenters. The molecule has 0 saturated carbocycles. The molecular formula is C13H15FN2O. The van der Waals surface area contributed by atoms with Gasteiger partial charge in [0.2, 0.25) is 0 Å². The highest BCUT2D eigenvalue weighted by molar-refractivity contribution is 5.48. The predicted octanol–water partition coefficient (Wildman–Crippen LogP) is 2.54. The molecule has 1 saturated heterocycles. The lowest BCUT2D eigenvalue weighted by molar-refractivity contribution is 0.0699. The maximum Gasteiger partial charge on any atom is 0.143 e. The molecule has 0 radical (unpaired) electrons. The molecule has 1 N–H and O–H groups in total. The van der Waals surface area contributed by atoms with E-state index in [1.54, 1.807) is 6.07 Å². The summed E-state index contributed by atoms with van der Waals surface area (Å²) in [6, 6.07) is 6.42. The van der Waals surface area contributed by atoms with E-state index in [2.05, 4.69) is 5.32 Å². The van der Waals surface area contributed by atoms with Crippen molar-refractivity contribution in [2.24, 2.45) is 5.92 Å². The fourth-order valence-electron chi connectivity index (χ4n) is 1.93. The lowest BCUT2D eigenvalue weighted by Gasteiger charge is -2.22. The standard InChI is InChI=1S/C13H15FN2O/c14-13-7-12(2-1-11(13)8-15)16-9-10-3-5-17-6-4-10/h1-2,7,10,16H,3-6,9H2. The largest absolute Gasteiger partial charge is 0.385 e. The quantitative estimate of drug-likeness (QED) is 0.874. The molecule has 0 aromatic heterocycles. The second-order valence-electron chi connectivity index (χ2n) is 4.24. The Hall–Kier alpha value is -1.60. The van der Waals surface area contributed by atoms with E-state index < -0.39 is 5.82 Å². The molecule has 4 heteroatoms. The molecule has 0 atom stereocenters. The zero-order valence-corrected chi connectivity index (χ0v) is 9.58. The highest BCUT2D eigenvalue weighted by Gasteiger charge is 2.13. The van der Waals surface area contributed by atoms with E-state index >= 15 is 0 Å². The molecule has 0 aliphatic carbocycles. The van der Waals surface area contributed by atoms with Gasteiger partial charge in [-0.05, 0) is 37.0 Å². The molecule has 90 valence electrons. The van der Waals surface area contributed by atoms with Gasteiger partial charge in [0.15, 0.2) is 0 Å². The highest BCUT2D eigenvalue weighted by Crippen LogP contribution is 2.18. The van der Waals surface area contributed by atoms with Crippen LogP contribution in [0.5, 0.6) is 0 Å². The summed E-state index contributed by atoms with van der Waals surface area (Å²) in [6.07, 6.45) is 2.09. The van der Waals surface area contributed by atoms with Crippen LogP contribution < -0.4 is 5.32 Å². The van der Waals surface area contributed by atoms with Crippen molar-refractivity contribution in [1.82, 2.24) is 0 Å². The Labute approximate surface area is 100 Å². The summed E-state index contributed by atoms with van der Waals surface area (Å²) < 4.78 is 18.6. The summed E-state index contributed by atoms with van der Waals surface area (Å²) >= 11 is 0. The molecule has 1 aromatic rings. The lowest BCUT2D eigenvalue weighted by atomic mass is 10.0. The summed E-state index contributed by atoms with van der Waals surface area (Å²) in [4.78, 5) is 0. The van der Waals surface area contributed by atoms with Crippen LogP contribution in [-0.2, 0) is 4.74 Å². The van der Waals surface area contributed by atoms with Gasteiger partial charge in [-0.2, -0.15) is 5.26 Å². The molecule has 3 nitrogen and oxygen atoms in total. The molecule has 1 aromatic carbocycles. The van der Waals surface area contributed by atoms with E-state index in [1.165, 1.54) is 12.1 Å². The van der Waals surface area contributed by atoms with Gasteiger partial charge in [0.1, 0.15) is 11.9 Å². The van der Waals surface area contributed by atoms with Crippen LogP contribution in [0.3, 0.4) is 0 Å². The van der Waals surface area contributed by atoms with Crippen molar-refractivity contribution in [3.05, 3.63) is 29.6 Å². The normalized spacial score (nSPS) is 16.5. The van der Waals surface area contributed by atoms with Crippen molar-refractivity contribution in [1.29, 1.82) is 5.26 Å². The zero-order valence-electron chi connectivity index (χ0n) is 9.58. The minimum atomic E-state index is -0.468. The number of nitrogens with zero attached hydrogens (tertiary/aromatic N) is 1. The Kier molecular flexibility index (Phi) is 3.94. The first-order valence-corrected chi connectivity index (χ1v) is 5.81. The lowest BCUT2D eigenvalue weighted by Crippen LogP contribution is -2.22. The SMILES string of the molecule is N#Cc1ccc(NCC2CCOCC2)cc1F. The van der Waals surface area contributed by atoms with Gasteiger partial charge in [-0.15, -0.1) is 0 Å². The summed E-state index contributed by atoms with van der Waals surface area (Å²) in [6.45, 7) is 2.46. The number of ether oxygens (including phenoxy) is 1. The second kappa shape index (κ2) is 5.65. The number of nitrogens with one attached hydrogen (secondary N) is 1. The smallest absolute Gasteiger partial charge is 0.143 e. The van der Waals surface area contributed by atoms with E-state index in [1.807, 2.05) is 6.07 Å². The van der Waals surface area contributed by atoms with Gasteiger partial charge in [0, 0.05) is 25.4 Å². The monoisotopic (exact) mass is 234 g/mol. The molecule has 1 aliphatic rings. The molecule has 1 fully saturated rings. The minimum Gasteiger partial charge on any atom is -0.385 e. The summed E-state index contributed by atoms with van der Waals surface area (Å²) in [7, 11) is 0. The van der Waals surface area contributed by atoms with Gasteiger partial charge in [-0.3, -0.25) is 0 Å². The van der Waals surface area contributed by atoms with Crippen molar-refractivity contribution < 1.29 is 9.13 Å². The molecule has 1 heterocycles. The molecule has 17 heavy (non-hydrogen) atoms. The second-order valence-corrected chi connectivity index (χ2v) is 4.24. The van der Waals surface area contributed by atoms with Crippen LogP contribution in [0.25, 0.3) is 0 Å². The number of hydrogen-bond acceptors (Lipinski definition) is 3. The average Bonchev–Trinajstić information content (AvgIpc) is 2.38. The topological polar surface area (TPSA) is 45.0 Å². The van der Waals surface area contributed by atoms with Crippen LogP contribution in [0.2, 0.25) is 0 Å². The van der Waals surface area contributed by atoms with Gasteiger partial charge < -0.3 is 10.1 Å². The van der Waals surface area contributed by atoms with Gasteiger partial charge in [0.05, 0.1) is 5.56 Å². The van der Waals surface area contributed by atoms with Gasteiger partial charge in [0.25, 0.3) is 0 Å². The van der Waals surface area contributed by atoms with Gasteiger partial charge in [-0.25, -0.2) is 4.39 Å². The van der Waals surface area contributed by atoms with Crippen molar-refractivity contribution in [2.45, 2.75) is 12.8 Å². The fraction of sp³-hybridized carbons (Fsp3) is 0.462. The molecule has 0 bridgehead atoms. The third-order valence-corrected chi connectivity index (χ3v) is 3.03. The minimum absolute atomic E-state index is 0.0848. The summed E-state index contributed by atoms with van der Waals surface area (Å²) in [5, 5.41) is 11.8. The first-order valence-electron chi connectivity index (χ1n) is 5.81. The third-order valence-electron chi connectivity index (χ3n) is 3.03. The first-order chi connectivity index (χ1) is 8.29. The molecular weight excluding hydrogens is 219 g/mol. The van der Waals surface area contributed by atoms with Gasteiger partial charge in [-0.1, -0.05) is 0 Å². The molecule has 0 amide bonds. The van der Waals surface area contributed by atoms with E-state index in [0.29, 0.717) is 5.92 Å². The number of anilines is 1. The molecule has 1 aliphatic heterocycles. The van der Waals surface area contributed by atoms with E-state index in [4.69, 9.17) is 10.00 Å². The Morgan fingerprint density at radius 1 is 1.41 bits per heavy atom. The van der Waals surface area contributed by atoms with Crippen molar-refractivity contribution >= 4 is 5.69 Å². The fourth-order valence-corrected chi connectivity index (χ4v) is 1.93. The van der Waals surface area contributed by atoms with Crippen LogP contribution in [0.15, 0.2) is 18.2 Å². The molecule has 2 rings (SSSR count). The maximum atomic E-state index is 13.3. The Bertz CT molecular complexity index is 422. The van der Waals surface area contributed by atoms with Crippen LogP contribution in [0.4, 0.5) is 10.1 Å². The van der Waals surface area contributed by atoms with Gasteiger partial charge >= 0.3 is 0 Å².